The average molecular weight is 498 g/mol. The second-order valence-corrected chi connectivity index (χ2v) is 8.58. The number of aromatic nitrogens is 2. The summed E-state index contributed by atoms with van der Waals surface area (Å²) in [6, 6.07) is 13.7. The van der Waals surface area contributed by atoms with Crippen LogP contribution in [0.25, 0.3) is 11.5 Å². The smallest absolute Gasteiger partial charge is 0.257 e. The first-order chi connectivity index (χ1) is 17.1. The summed E-state index contributed by atoms with van der Waals surface area (Å²) in [6.45, 7) is 4.72. The zero-order chi connectivity index (χ0) is 24.6. The molecule has 0 amide bonds. The standard InChI is InChI=1S/C25H31N5O4S/c1-31-20-14-18(15-21(32-2)23(20)33-3)16-26-25(35)30-11-7-10-29(12-13-30)17-22-27-24(34-28-22)19-8-5-4-6-9-19/h4-6,8-9,14-15H,7,10-13,16-17H2,1-3H3,(H,26,35). The summed E-state index contributed by atoms with van der Waals surface area (Å²) in [6.07, 6.45) is 0.995. The molecule has 1 aliphatic rings. The van der Waals surface area contributed by atoms with E-state index in [0.29, 0.717) is 42.1 Å². The highest BCUT2D eigenvalue weighted by atomic mass is 32.1. The highest BCUT2D eigenvalue weighted by Crippen LogP contribution is 2.38. The number of thiocarbonyl (C=S) groups is 1. The number of methoxy groups -OCH3 is 3. The lowest BCUT2D eigenvalue weighted by Gasteiger charge is -2.24. The lowest BCUT2D eigenvalue weighted by Crippen LogP contribution is -2.41. The Morgan fingerprint density at radius 3 is 2.43 bits per heavy atom. The van der Waals surface area contributed by atoms with Crippen LogP contribution in [0.4, 0.5) is 0 Å². The summed E-state index contributed by atoms with van der Waals surface area (Å²) < 4.78 is 21.7. The molecule has 2 aromatic carbocycles. The molecule has 1 aliphatic heterocycles. The van der Waals surface area contributed by atoms with Crippen molar-refractivity contribution in [2.45, 2.75) is 19.5 Å². The van der Waals surface area contributed by atoms with E-state index in [1.807, 2.05) is 42.5 Å². The summed E-state index contributed by atoms with van der Waals surface area (Å²) in [5.74, 6) is 3.06. The van der Waals surface area contributed by atoms with Crippen molar-refractivity contribution in [3.05, 3.63) is 53.9 Å². The van der Waals surface area contributed by atoms with Crippen LogP contribution in [0.15, 0.2) is 47.0 Å². The maximum absolute atomic E-state index is 5.70. The Kier molecular flexibility index (Phi) is 8.38. The fourth-order valence-corrected chi connectivity index (χ4v) is 4.33. The molecule has 0 radical (unpaired) electrons. The lowest BCUT2D eigenvalue weighted by molar-refractivity contribution is 0.266. The molecule has 1 aromatic heterocycles. The molecule has 35 heavy (non-hydrogen) atoms. The third-order valence-electron chi connectivity index (χ3n) is 5.90. The minimum Gasteiger partial charge on any atom is -0.493 e. The number of rotatable bonds is 8. The molecule has 0 atom stereocenters. The molecule has 0 aliphatic carbocycles. The highest BCUT2D eigenvalue weighted by molar-refractivity contribution is 7.80. The van der Waals surface area contributed by atoms with E-state index < -0.39 is 0 Å². The van der Waals surface area contributed by atoms with Gasteiger partial charge in [-0.1, -0.05) is 23.4 Å². The van der Waals surface area contributed by atoms with Crippen LogP contribution in [-0.4, -0.2) is 72.6 Å². The van der Waals surface area contributed by atoms with Gasteiger partial charge in [0.05, 0.1) is 27.9 Å². The van der Waals surface area contributed by atoms with Gasteiger partial charge in [-0.2, -0.15) is 4.98 Å². The van der Waals surface area contributed by atoms with Crippen LogP contribution in [0.5, 0.6) is 17.2 Å². The van der Waals surface area contributed by atoms with E-state index in [1.165, 1.54) is 0 Å². The number of hydrogen-bond acceptors (Lipinski definition) is 8. The Labute approximate surface area is 211 Å². The predicted molar refractivity (Wildman–Crippen MR) is 137 cm³/mol. The summed E-state index contributed by atoms with van der Waals surface area (Å²) in [5.41, 5.74) is 1.92. The molecule has 0 unspecified atom stereocenters. The first-order valence-electron chi connectivity index (χ1n) is 11.5. The van der Waals surface area contributed by atoms with Gasteiger partial charge < -0.3 is 29.0 Å². The minimum atomic E-state index is 0.550. The van der Waals surface area contributed by atoms with Gasteiger partial charge in [-0.15, -0.1) is 0 Å². The molecule has 10 heteroatoms. The van der Waals surface area contributed by atoms with Gasteiger partial charge in [0.25, 0.3) is 5.89 Å². The normalized spacial score (nSPS) is 14.3. The maximum Gasteiger partial charge on any atom is 0.257 e. The first kappa shape index (κ1) is 24.7. The van der Waals surface area contributed by atoms with Crippen molar-refractivity contribution in [3.8, 4) is 28.7 Å². The van der Waals surface area contributed by atoms with Crippen LogP contribution in [-0.2, 0) is 13.1 Å². The van der Waals surface area contributed by atoms with Gasteiger partial charge in [0, 0.05) is 38.3 Å². The van der Waals surface area contributed by atoms with Crippen LogP contribution in [0, 0.1) is 0 Å². The van der Waals surface area contributed by atoms with E-state index in [4.69, 9.17) is 31.0 Å². The molecule has 1 fully saturated rings. The van der Waals surface area contributed by atoms with E-state index in [9.17, 15) is 0 Å². The third-order valence-corrected chi connectivity index (χ3v) is 6.30. The zero-order valence-corrected chi connectivity index (χ0v) is 21.1. The Bertz CT molecular complexity index is 1100. The number of hydrogen-bond donors (Lipinski definition) is 1. The minimum absolute atomic E-state index is 0.550. The van der Waals surface area contributed by atoms with Crippen LogP contribution >= 0.6 is 12.2 Å². The second-order valence-electron chi connectivity index (χ2n) is 8.19. The number of nitrogens with zero attached hydrogens (tertiary/aromatic N) is 4. The fraction of sp³-hybridized carbons (Fsp3) is 0.400. The van der Waals surface area contributed by atoms with Gasteiger partial charge in [-0.25, -0.2) is 0 Å². The van der Waals surface area contributed by atoms with Crippen molar-refractivity contribution in [1.29, 1.82) is 0 Å². The average Bonchev–Trinajstić information content (AvgIpc) is 3.24. The fourth-order valence-electron chi connectivity index (χ4n) is 4.08. The first-order valence-corrected chi connectivity index (χ1v) is 11.9. The number of benzene rings is 2. The molecule has 1 saturated heterocycles. The Morgan fingerprint density at radius 1 is 1.00 bits per heavy atom. The van der Waals surface area contributed by atoms with Crippen molar-refractivity contribution >= 4 is 17.3 Å². The maximum atomic E-state index is 5.70. The van der Waals surface area contributed by atoms with Gasteiger partial charge in [0.15, 0.2) is 22.4 Å². The van der Waals surface area contributed by atoms with Crippen LogP contribution in [0.1, 0.15) is 17.8 Å². The summed E-state index contributed by atoms with van der Waals surface area (Å²) in [4.78, 5) is 9.10. The summed E-state index contributed by atoms with van der Waals surface area (Å²) in [5, 5.41) is 8.26. The molecule has 9 nitrogen and oxygen atoms in total. The van der Waals surface area contributed by atoms with E-state index in [-0.39, 0.29) is 0 Å². The third kappa shape index (κ3) is 6.20. The zero-order valence-electron chi connectivity index (χ0n) is 20.3. The molecule has 1 N–H and O–H groups in total. The molecule has 186 valence electrons. The Balaban J connectivity index is 1.30. The van der Waals surface area contributed by atoms with E-state index in [1.54, 1.807) is 21.3 Å². The van der Waals surface area contributed by atoms with Crippen molar-refractivity contribution in [2.24, 2.45) is 0 Å². The van der Waals surface area contributed by atoms with Crippen LogP contribution in [0.3, 0.4) is 0 Å². The molecule has 0 saturated carbocycles. The van der Waals surface area contributed by atoms with Crippen molar-refractivity contribution in [3.63, 3.8) is 0 Å². The van der Waals surface area contributed by atoms with Gasteiger partial charge in [0.1, 0.15) is 0 Å². The topological polar surface area (TPSA) is 85.1 Å². The molecule has 4 rings (SSSR count). The number of nitrogens with one attached hydrogen (secondary N) is 1. The van der Waals surface area contributed by atoms with E-state index in [2.05, 4.69) is 25.3 Å². The van der Waals surface area contributed by atoms with Gasteiger partial charge in [-0.3, -0.25) is 4.90 Å². The summed E-state index contributed by atoms with van der Waals surface area (Å²) in [7, 11) is 4.81. The Morgan fingerprint density at radius 2 is 1.74 bits per heavy atom. The molecule has 3 aromatic rings. The SMILES string of the molecule is COc1cc(CNC(=S)N2CCCN(Cc3noc(-c4ccccc4)n3)CC2)cc(OC)c1OC. The molecule has 0 bridgehead atoms. The van der Waals surface area contributed by atoms with Crippen LogP contribution < -0.4 is 19.5 Å². The van der Waals surface area contributed by atoms with Gasteiger partial charge in [0.2, 0.25) is 5.75 Å². The molecule has 0 spiro atoms. The predicted octanol–water partition coefficient (Wildman–Crippen LogP) is 3.34. The van der Waals surface area contributed by atoms with Gasteiger partial charge >= 0.3 is 0 Å². The largest absolute Gasteiger partial charge is 0.493 e. The highest BCUT2D eigenvalue weighted by Gasteiger charge is 2.20. The van der Waals surface area contributed by atoms with Crippen LogP contribution in [0.2, 0.25) is 0 Å². The van der Waals surface area contributed by atoms with E-state index >= 15 is 0 Å². The quantitative estimate of drug-likeness (QED) is 0.468. The van der Waals surface area contributed by atoms with Crippen molar-refractivity contribution in [2.75, 3.05) is 47.5 Å². The lowest BCUT2D eigenvalue weighted by atomic mass is 10.2. The number of ether oxygens (including phenoxy) is 3. The molecular formula is C25H31N5O4S. The second kappa shape index (κ2) is 11.9. The van der Waals surface area contributed by atoms with E-state index in [0.717, 1.165) is 48.8 Å². The Hall–Kier alpha value is -3.37. The summed E-state index contributed by atoms with van der Waals surface area (Å²) >= 11 is 5.70. The van der Waals surface area contributed by atoms with Gasteiger partial charge in [-0.05, 0) is 48.5 Å². The monoisotopic (exact) mass is 497 g/mol. The molecule has 2 heterocycles. The van der Waals surface area contributed by atoms with Crippen molar-refractivity contribution in [1.82, 2.24) is 25.3 Å². The van der Waals surface area contributed by atoms with Crippen molar-refractivity contribution < 1.29 is 18.7 Å². The molecular weight excluding hydrogens is 466 g/mol.